The minimum absolute atomic E-state index is 0.271. The average Bonchev–Trinajstić information content (AvgIpc) is 2.50. The average molecular weight is 350 g/mol. The van der Waals surface area contributed by atoms with Gasteiger partial charge in [-0.25, -0.2) is 14.4 Å². The fourth-order valence-corrected chi connectivity index (χ4v) is 3.02. The van der Waals surface area contributed by atoms with Crippen molar-refractivity contribution in [1.82, 2.24) is 15.3 Å². The summed E-state index contributed by atoms with van der Waals surface area (Å²) in [6.45, 7) is 3.92. The summed E-state index contributed by atoms with van der Waals surface area (Å²) in [4.78, 5) is 9.41. The molecule has 0 spiro atoms. The van der Waals surface area contributed by atoms with E-state index in [0.717, 1.165) is 49.3 Å². The molecule has 0 unspecified atom stereocenters. The molecule has 0 amide bonds. The quantitative estimate of drug-likeness (QED) is 0.918. The number of fused-ring (bicyclic) bond motifs is 1. The van der Waals surface area contributed by atoms with E-state index in [1.165, 1.54) is 11.6 Å². The van der Waals surface area contributed by atoms with E-state index in [9.17, 15) is 4.39 Å². The van der Waals surface area contributed by atoms with Crippen LogP contribution in [0.25, 0.3) is 11.4 Å². The maximum Gasteiger partial charge on any atom is 0.159 e. The maximum absolute atomic E-state index is 13.4. The minimum Gasteiger partial charge on any atom is -0.311 e. The third-order valence-electron chi connectivity index (χ3n) is 3.69. The summed E-state index contributed by atoms with van der Waals surface area (Å²) in [5.41, 5.74) is 4.35. The zero-order valence-electron chi connectivity index (χ0n) is 11.9. The summed E-state index contributed by atoms with van der Waals surface area (Å²) in [5.74, 6) is 0.411. The summed E-state index contributed by atoms with van der Waals surface area (Å²) < 4.78 is 13.8. The molecule has 5 heteroatoms. The predicted molar refractivity (Wildman–Crippen MR) is 84.5 cm³/mol. The number of aryl methyl sites for hydroxylation is 1. The zero-order valence-corrected chi connectivity index (χ0v) is 13.5. The van der Waals surface area contributed by atoms with Crippen molar-refractivity contribution in [2.24, 2.45) is 0 Å². The van der Waals surface area contributed by atoms with E-state index in [-0.39, 0.29) is 5.82 Å². The van der Waals surface area contributed by atoms with Gasteiger partial charge in [-0.2, -0.15) is 0 Å². The molecule has 0 atom stereocenters. The Bertz CT molecular complexity index is 673. The molecule has 0 fully saturated rings. The normalized spacial score (nSPS) is 14.0. The molecular weight excluding hydrogens is 333 g/mol. The Morgan fingerprint density at radius 1 is 1.33 bits per heavy atom. The second-order valence-corrected chi connectivity index (χ2v) is 6.08. The van der Waals surface area contributed by atoms with Crippen molar-refractivity contribution in [3.8, 4) is 11.4 Å². The molecule has 2 aromatic rings. The van der Waals surface area contributed by atoms with Crippen LogP contribution < -0.4 is 5.32 Å². The first-order valence-electron chi connectivity index (χ1n) is 7.24. The van der Waals surface area contributed by atoms with Gasteiger partial charge in [-0.1, -0.05) is 13.3 Å². The summed E-state index contributed by atoms with van der Waals surface area (Å²) in [7, 11) is 0. The van der Waals surface area contributed by atoms with Crippen LogP contribution in [0.15, 0.2) is 22.7 Å². The number of nitrogens with zero attached hydrogens (tertiary/aromatic N) is 2. The van der Waals surface area contributed by atoms with Crippen LogP contribution in [0.2, 0.25) is 0 Å². The zero-order chi connectivity index (χ0) is 14.8. The Balaban J connectivity index is 2.09. The SMILES string of the molecule is CCCc1nc(-c2ccc(F)c(Br)c2)nc2c1CCNC2. The number of aromatic nitrogens is 2. The third-order valence-corrected chi connectivity index (χ3v) is 4.29. The van der Waals surface area contributed by atoms with Crippen molar-refractivity contribution < 1.29 is 4.39 Å². The Morgan fingerprint density at radius 2 is 2.19 bits per heavy atom. The number of benzene rings is 1. The van der Waals surface area contributed by atoms with Crippen LogP contribution in [0.4, 0.5) is 4.39 Å². The highest BCUT2D eigenvalue weighted by atomic mass is 79.9. The first-order chi connectivity index (χ1) is 10.2. The number of hydrogen-bond acceptors (Lipinski definition) is 3. The Hall–Kier alpha value is -1.33. The maximum atomic E-state index is 13.4. The number of rotatable bonds is 3. The molecule has 1 aromatic heterocycles. The topological polar surface area (TPSA) is 37.8 Å². The molecule has 1 aliphatic rings. The Labute approximate surface area is 132 Å². The monoisotopic (exact) mass is 349 g/mol. The van der Waals surface area contributed by atoms with Crippen LogP contribution >= 0.6 is 15.9 Å². The van der Waals surface area contributed by atoms with Gasteiger partial charge in [-0.05, 0) is 59.1 Å². The molecule has 1 N–H and O–H groups in total. The van der Waals surface area contributed by atoms with Crippen molar-refractivity contribution >= 4 is 15.9 Å². The van der Waals surface area contributed by atoms with E-state index < -0.39 is 0 Å². The standard InChI is InChI=1S/C16H17BrFN3/c1-2-3-14-11-6-7-19-9-15(11)21-16(20-14)10-4-5-13(18)12(17)8-10/h4-5,8,19H,2-3,6-7,9H2,1H3. The van der Waals surface area contributed by atoms with Gasteiger partial charge in [-0.15, -0.1) is 0 Å². The lowest BCUT2D eigenvalue weighted by atomic mass is 10.0. The predicted octanol–water partition coefficient (Wildman–Crippen LogP) is 3.64. The molecular formula is C16H17BrFN3. The van der Waals surface area contributed by atoms with Crippen molar-refractivity contribution in [2.45, 2.75) is 32.7 Å². The van der Waals surface area contributed by atoms with E-state index in [1.54, 1.807) is 12.1 Å². The lowest BCUT2D eigenvalue weighted by molar-refractivity contribution is 0.614. The van der Waals surface area contributed by atoms with Crippen molar-refractivity contribution in [3.63, 3.8) is 0 Å². The van der Waals surface area contributed by atoms with E-state index >= 15 is 0 Å². The van der Waals surface area contributed by atoms with Crippen LogP contribution in [0.1, 0.15) is 30.3 Å². The van der Waals surface area contributed by atoms with E-state index in [4.69, 9.17) is 4.98 Å². The molecule has 2 heterocycles. The van der Waals surface area contributed by atoms with Gasteiger partial charge in [-0.3, -0.25) is 0 Å². The fourth-order valence-electron chi connectivity index (χ4n) is 2.65. The molecule has 1 aliphatic heterocycles. The van der Waals surface area contributed by atoms with Gasteiger partial charge in [0.05, 0.1) is 10.2 Å². The third kappa shape index (κ3) is 2.99. The number of nitrogens with one attached hydrogen (secondary N) is 1. The van der Waals surface area contributed by atoms with Gasteiger partial charge in [0.25, 0.3) is 0 Å². The molecule has 3 rings (SSSR count). The Kier molecular flexibility index (Phi) is 4.31. The molecule has 110 valence electrons. The van der Waals surface area contributed by atoms with E-state index in [0.29, 0.717) is 10.3 Å². The van der Waals surface area contributed by atoms with Gasteiger partial charge in [0.2, 0.25) is 0 Å². The second-order valence-electron chi connectivity index (χ2n) is 5.22. The summed E-state index contributed by atoms with van der Waals surface area (Å²) in [6, 6.07) is 4.91. The van der Waals surface area contributed by atoms with Crippen LogP contribution in [-0.4, -0.2) is 16.5 Å². The van der Waals surface area contributed by atoms with Gasteiger partial charge >= 0.3 is 0 Å². The van der Waals surface area contributed by atoms with Crippen molar-refractivity contribution in [3.05, 3.63) is 45.4 Å². The highest BCUT2D eigenvalue weighted by molar-refractivity contribution is 9.10. The van der Waals surface area contributed by atoms with Crippen molar-refractivity contribution in [1.29, 1.82) is 0 Å². The van der Waals surface area contributed by atoms with Gasteiger partial charge in [0, 0.05) is 17.8 Å². The highest BCUT2D eigenvalue weighted by Gasteiger charge is 2.18. The largest absolute Gasteiger partial charge is 0.311 e. The summed E-state index contributed by atoms with van der Waals surface area (Å²) >= 11 is 3.22. The van der Waals surface area contributed by atoms with Crippen LogP contribution in [0, 0.1) is 5.82 Å². The van der Waals surface area contributed by atoms with Gasteiger partial charge in [0.15, 0.2) is 5.82 Å². The lowest BCUT2D eigenvalue weighted by Gasteiger charge is -2.20. The minimum atomic E-state index is -0.271. The number of hydrogen-bond donors (Lipinski definition) is 1. The summed E-state index contributed by atoms with van der Waals surface area (Å²) in [5, 5.41) is 3.35. The first kappa shape index (κ1) is 14.6. The Morgan fingerprint density at radius 3 is 2.95 bits per heavy atom. The number of halogens is 2. The van der Waals surface area contributed by atoms with Crippen LogP contribution in [-0.2, 0) is 19.4 Å². The lowest BCUT2D eigenvalue weighted by Crippen LogP contribution is -2.26. The first-order valence-corrected chi connectivity index (χ1v) is 8.03. The smallest absolute Gasteiger partial charge is 0.159 e. The van der Waals surface area contributed by atoms with Crippen LogP contribution in [0.5, 0.6) is 0 Å². The second kappa shape index (κ2) is 6.20. The van der Waals surface area contributed by atoms with Crippen LogP contribution in [0.3, 0.4) is 0 Å². The van der Waals surface area contributed by atoms with E-state index in [1.807, 2.05) is 0 Å². The molecule has 0 saturated carbocycles. The van der Waals surface area contributed by atoms with E-state index in [2.05, 4.69) is 33.2 Å². The fraction of sp³-hybridized carbons (Fsp3) is 0.375. The molecule has 1 aromatic carbocycles. The van der Waals surface area contributed by atoms with Crippen molar-refractivity contribution in [2.75, 3.05) is 6.54 Å². The molecule has 0 saturated heterocycles. The summed E-state index contributed by atoms with van der Waals surface area (Å²) in [6.07, 6.45) is 3.00. The molecule has 0 radical (unpaired) electrons. The van der Waals surface area contributed by atoms with Gasteiger partial charge in [0.1, 0.15) is 5.82 Å². The van der Waals surface area contributed by atoms with Gasteiger partial charge < -0.3 is 5.32 Å². The molecule has 21 heavy (non-hydrogen) atoms. The molecule has 3 nitrogen and oxygen atoms in total. The molecule has 0 aliphatic carbocycles. The highest BCUT2D eigenvalue weighted by Crippen LogP contribution is 2.26. The molecule has 0 bridgehead atoms.